The molecule has 90 heavy (non-hydrogen) atoms. The van der Waals surface area contributed by atoms with Crippen molar-refractivity contribution in [2.75, 3.05) is 52.9 Å². The molecule has 36 heteroatoms. The highest BCUT2D eigenvalue weighted by molar-refractivity contribution is 5.00. The van der Waals surface area contributed by atoms with Crippen molar-refractivity contribution in [2.45, 2.75) is 286 Å². The van der Waals surface area contributed by atoms with Gasteiger partial charge in [0.15, 0.2) is 44.0 Å². The molecule has 35 atom stereocenters. The van der Waals surface area contributed by atoms with Crippen molar-refractivity contribution >= 4 is 0 Å². The van der Waals surface area contributed by atoms with E-state index in [1.807, 2.05) is 0 Å². The van der Waals surface area contributed by atoms with Gasteiger partial charge in [0.2, 0.25) is 0 Å². The molecule has 7 saturated heterocycles. The van der Waals surface area contributed by atoms with Crippen molar-refractivity contribution in [1.82, 2.24) is 0 Å². The minimum atomic E-state index is -2.27. The van der Waals surface area contributed by atoms with Crippen LogP contribution in [-0.4, -0.2) is 380 Å². The second kappa shape index (κ2) is 35.7. The molecule has 528 valence electrons. The van der Waals surface area contributed by atoms with Gasteiger partial charge >= 0.3 is 0 Å². The average Bonchev–Trinajstić information content (AvgIpc) is 0.813. The van der Waals surface area contributed by atoms with E-state index in [0.717, 1.165) is 44.9 Å². The van der Waals surface area contributed by atoms with Crippen LogP contribution in [0.1, 0.15) is 71.1 Å². The predicted molar refractivity (Wildman–Crippen MR) is 287 cm³/mol. The molecule has 0 saturated carbocycles. The van der Waals surface area contributed by atoms with Crippen LogP contribution in [0, 0.1) is 0 Å². The lowest BCUT2D eigenvalue weighted by molar-refractivity contribution is -0.389. The summed E-state index contributed by atoms with van der Waals surface area (Å²) in [5, 5.41) is 238. The van der Waals surface area contributed by atoms with Crippen LogP contribution in [0.2, 0.25) is 0 Å². The normalized spacial score (nSPS) is 48.0. The Morgan fingerprint density at radius 2 is 0.500 bits per heavy atom. The highest BCUT2D eigenvalue weighted by Gasteiger charge is 2.58. The summed E-state index contributed by atoms with van der Waals surface area (Å²) in [5.41, 5.74) is 0. The highest BCUT2D eigenvalue weighted by atomic mass is 16.8. The number of unbranched alkanes of at least 4 members (excludes halogenated alkanes) is 9. The molecule has 7 heterocycles. The van der Waals surface area contributed by atoms with E-state index in [9.17, 15) is 112 Å². The fraction of sp³-hybridized carbons (Fsp3) is 1.00. The monoisotopic (exact) mass is 1320 g/mol. The molecule has 7 fully saturated rings. The second-order valence-corrected chi connectivity index (χ2v) is 23.7. The molecule has 7 rings (SSSR count). The van der Waals surface area contributed by atoms with Crippen molar-refractivity contribution in [1.29, 1.82) is 0 Å². The van der Waals surface area contributed by atoms with Crippen LogP contribution in [0.5, 0.6) is 0 Å². The first-order valence-corrected chi connectivity index (χ1v) is 30.6. The fourth-order valence-electron chi connectivity index (χ4n) is 11.7. The van der Waals surface area contributed by atoms with Crippen LogP contribution in [0.25, 0.3) is 0 Å². The summed E-state index contributed by atoms with van der Waals surface area (Å²) in [6.07, 6.45) is -57.1. The van der Waals surface area contributed by atoms with E-state index in [2.05, 4.69) is 6.92 Å². The molecular weight excluding hydrogens is 1220 g/mol. The van der Waals surface area contributed by atoms with Gasteiger partial charge in [0.25, 0.3) is 0 Å². The molecule has 0 spiro atoms. The van der Waals surface area contributed by atoms with E-state index in [4.69, 9.17) is 66.3 Å². The minimum Gasteiger partial charge on any atom is -0.394 e. The Morgan fingerprint density at radius 3 is 0.911 bits per heavy atom. The van der Waals surface area contributed by atoms with Gasteiger partial charge in [-0.05, 0) is 6.42 Å². The Morgan fingerprint density at radius 1 is 0.233 bits per heavy atom. The first-order valence-electron chi connectivity index (χ1n) is 30.6. The third kappa shape index (κ3) is 18.0. The Balaban J connectivity index is 1.07. The number of aliphatic hydroxyl groups is 22. The van der Waals surface area contributed by atoms with Gasteiger partial charge in [-0.25, -0.2) is 0 Å². The van der Waals surface area contributed by atoms with Crippen molar-refractivity contribution in [2.24, 2.45) is 0 Å². The number of ether oxygens (including phenoxy) is 14. The predicted octanol–water partition coefficient (Wildman–Crippen LogP) is -11.3. The third-order valence-corrected chi connectivity index (χ3v) is 17.3. The maximum absolute atomic E-state index is 11.9. The van der Waals surface area contributed by atoms with Crippen molar-refractivity contribution < 1.29 is 179 Å². The van der Waals surface area contributed by atoms with Crippen LogP contribution >= 0.6 is 0 Å². The zero-order valence-corrected chi connectivity index (χ0v) is 49.5. The van der Waals surface area contributed by atoms with E-state index < -0.39 is 261 Å². The quantitative estimate of drug-likeness (QED) is 0.0287. The van der Waals surface area contributed by atoms with E-state index in [1.165, 1.54) is 6.42 Å². The zero-order valence-electron chi connectivity index (χ0n) is 49.5. The molecule has 22 N–H and O–H groups in total. The molecule has 0 aliphatic carbocycles. The first kappa shape index (κ1) is 75.9. The summed E-state index contributed by atoms with van der Waals surface area (Å²) in [6, 6.07) is 0. The Bertz CT molecular complexity index is 2020. The number of hydrogen-bond acceptors (Lipinski definition) is 36. The summed E-state index contributed by atoms with van der Waals surface area (Å²) >= 11 is 0. The van der Waals surface area contributed by atoms with E-state index in [-0.39, 0.29) is 6.61 Å². The van der Waals surface area contributed by atoms with Crippen molar-refractivity contribution in [3.63, 3.8) is 0 Å². The molecule has 0 amide bonds. The van der Waals surface area contributed by atoms with Gasteiger partial charge < -0.3 is 179 Å². The lowest BCUT2D eigenvalue weighted by Gasteiger charge is -2.49. The van der Waals surface area contributed by atoms with Crippen LogP contribution < -0.4 is 0 Å². The molecule has 7 aliphatic rings. The molecule has 7 aliphatic heterocycles. The summed E-state index contributed by atoms with van der Waals surface area (Å²) in [5.74, 6) is 0. The molecule has 0 bridgehead atoms. The van der Waals surface area contributed by atoms with Crippen LogP contribution in [0.4, 0.5) is 0 Å². The Kier molecular flexibility index (Phi) is 30.1. The van der Waals surface area contributed by atoms with Gasteiger partial charge in [0, 0.05) is 6.61 Å². The largest absolute Gasteiger partial charge is 0.394 e. The molecule has 0 unspecified atom stereocenters. The summed E-state index contributed by atoms with van der Waals surface area (Å²) in [4.78, 5) is 0. The highest BCUT2D eigenvalue weighted by Crippen LogP contribution is 2.37. The third-order valence-electron chi connectivity index (χ3n) is 17.3. The van der Waals surface area contributed by atoms with Crippen LogP contribution in [-0.2, 0) is 66.3 Å². The molecule has 0 aromatic rings. The lowest BCUT2D eigenvalue weighted by atomic mass is 9.95. The van der Waals surface area contributed by atoms with Gasteiger partial charge in [-0.1, -0.05) is 64.7 Å². The first-order chi connectivity index (χ1) is 43.0. The van der Waals surface area contributed by atoms with Crippen LogP contribution in [0.15, 0.2) is 0 Å². The molecular formula is C54H96O36. The molecule has 0 aromatic heterocycles. The molecule has 36 nitrogen and oxygen atoms in total. The van der Waals surface area contributed by atoms with Gasteiger partial charge in [-0.3, -0.25) is 0 Å². The number of rotatable bonds is 31. The second-order valence-electron chi connectivity index (χ2n) is 23.7. The SMILES string of the molecule is CCCCCCCCCCCCO[C@@H]1O[C@H](CO[C@@H]2O[C@H](CO)[C@@H](O)[C@H](O[C@@H]3O[C@H](CO[C@@H]4O[C@H](CO)[C@@H](O)[C@H](O)[C@H]4O)[C@@H](O)[C@H](O[C@@H]4O[C@H](CO)[C@@H](O)[C@H](O)[C@H]4O)[C@H]3O)[C@H]2O)[C@@H](O)[C@H](O[C@@H]2O[C@H](CO)[C@@H](O[C@@H]3O[C@H](CO)[C@H](O)[C@H](O)[C@H]3O)[C@H](O)[C@H]2O)[C@H]1O. The van der Waals surface area contributed by atoms with E-state index in [1.54, 1.807) is 0 Å². The average molecular weight is 1320 g/mol. The summed E-state index contributed by atoms with van der Waals surface area (Å²) < 4.78 is 80.4. The number of hydrogen-bond donors (Lipinski definition) is 22. The standard InChI is InChI=1S/C54H96O36/c1-2-3-4-5-6-7-8-9-10-11-12-77-49-41(74)46(88-53-40(73)36(69)44(24(17-59)84-53)87-51-38(71)34(67)28(61)21(14-56)82-51)31(64)25(85-49)18-79-50-42(75)45(30(63)23(16-58)81-50)90-54-43(76)47(89-52-39(72)35(68)29(62)22(15-57)83-52)32(65)26(86-54)19-78-48-37(70)33(66)27(60)20(13-55)80-48/h20-76H,2-19H2,1H3/t20-,21-,22-,23-,24-,25-,26-,27-,28+,29-,30-,31-,32-,33+,34+,35+,36-,37-,38-,39-,40-,41-,42-,43-,44-,45+,46+,47+,48-,49-,50-,51+,52+,53+,54+/m1/s1. The molecule has 0 aromatic carbocycles. The van der Waals surface area contributed by atoms with Crippen molar-refractivity contribution in [3.05, 3.63) is 0 Å². The van der Waals surface area contributed by atoms with E-state index >= 15 is 0 Å². The smallest absolute Gasteiger partial charge is 0.187 e. The number of aliphatic hydroxyl groups excluding tert-OH is 22. The van der Waals surface area contributed by atoms with Crippen LogP contribution in [0.3, 0.4) is 0 Å². The summed E-state index contributed by atoms with van der Waals surface area (Å²) in [7, 11) is 0. The van der Waals surface area contributed by atoms with Gasteiger partial charge in [-0.2, -0.15) is 0 Å². The maximum atomic E-state index is 11.9. The molecule has 0 radical (unpaired) electrons. The Labute approximate surface area is 516 Å². The van der Waals surface area contributed by atoms with Gasteiger partial charge in [-0.15, -0.1) is 0 Å². The summed E-state index contributed by atoms with van der Waals surface area (Å²) in [6.45, 7) is -4.24. The van der Waals surface area contributed by atoms with Crippen molar-refractivity contribution in [3.8, 4) is 0 Å². The van der Waals surface area contributed by atoms with E-state index in [0.29, 0.717) is 12.8 Å². The fourth-order valence-corrected chi connectivity index (χ4v) is 11.7. The maximum Gasteiger partial charge on any atom is 0.187 e. The minimum absolute atomic E-state index is 0.0136. The van der Waals surface area contributed by atoms with Gasteiger partial charge in [0.05, 0.1) is 46.2 Å². The Hall–Kier alpha value is -1.44. The topological polar surface area (TPSA) is 574 Å². The van der Waals surface area contributed by atoms with Gasteiger partial charge in [0.1, 0.15) is 171 Å². The zero-order chi connectivity index (χ0) is 65.8. The lowest BCUT2D eigenvalue weighted by Crippen LogP contribution is -2.67.